The number of aromatic amines is 1. The maximum Gasteiger partial charge on any atom is 0.223 e. The van der Waals surface area contributed by atoms with Crippen molar-refractivity contribution in [3.05, 3.63) is 83.1 Å². The Morgan fingerprint density at radius 2 is 1.87 bits per heavy atom. The first kappa shape index (κ1) is 21.7. The molecule has 4 rings (SSSR count). The summed E-state index contributed by atoms with van der Waals surface area (Å²) in [6.45, 7) is 0.720. The van der Waals surface area contributed by atoms with Gasteiger partial charge >= 0.3 is 0 Å². The molecule has 1 aliphatic rings. The van der Waals surface area contributed by atoms with Crippen LogP contribution in [0, 0.1) is 11.8 Å². The van der Waals surface area contributed by atoms with E-state index in [1.165, 1.54) is 5.56 Å². The van der Waals surface area contributed by atoms with Crippen molar-refractivity contribution in [1.29, 1.82) is 0 Å². The van der Waals surface area contributed by atoms with E-state index in [1.54, 1.807) is 0 Å². The number of halogens is 1. The summed E-state index contributed by atoms with van der Waals surface area (Å²) in [7, 11) is 0. The Bertz CT molecular complexity index is 979. The van der Waals surface area contributed by atoms with Gasteiger partial charge in [-0.05, 0) is 73.9 Å². The predicted molar refractivity (Wildman–Crippen MR) is 127 cm³/mol. The molecule has 0 spiro atoms. The lowest BCUT2D eigenvalue weighted by atomic mass is 9.81. The standard InChI is InChI=1S/C26H30ClN3O/c27-24-11-10-21(15-23(24)22-12-13-29-17-22)25(14-18-4-2-1-3-5-18)30-26(31)20-8-6-19(16-28)7-9-20/h1-5,10-13,15,17,19-20,25,29H,6-9,14,16,28H2,(H,30,31). The number of carbonyl (C=O) groups excluding carboxylic acids is 1. The molecule has 1 fully saturated rings. The minimum atomic E-state index is -0.114. The highest BCUT2D eigenvalue weighted by atomic mass is 35.5. The van der Waals surface area contributed by atoms with Gasteiger partial charge in [0.2, 0.25) is 5.91 Å². The average Bonchev–Trinajstić information content (AvgIpc) is 3.34. The Morgan fingerprint density at radius 1 is 1.10 bits per heavy atom. The first-order valence-corrected chi connectivity index (χ1v) is 11.5. The summed E-state index contributed by atoms with van der Waals surface area (Å²) < 4.78 is 0. The van der Waals surface area contributed by atoms with Gasteiger partial charge in [-0.15, -0.1) is 0 Å². The monoisotopic (exact) mass is 435 g/mol. The van der Waals surface area contributed by atoms with Gasteiger partial charge in [0.05, 0.1) is 6.04 Å². The van der Waals surface area contributed by atoms with Crippen LogP contribution in [0.25, 0.3) is 11.1 Å². The fourth-order valence-corrected chi connectivity index (χ4v) is 4.75. The first-order valence-electron chi connectivity index (χ1n) is 11.1. The number of nitrogens with one attached hydrogen (secondary N) is 2. The van der Waals surface area contributed by atoms with Crippen LogP contribution < -0.4 is 11.1 Å². The predicted octanol–water partition coefficient (Wildman–Crippen LogP) is 5.50. The normalized spacial score (nSPS) is 19.7. The van der Waals surface area contributed by atoms with E-state index in [-0.39, 0.29) is 17.9 Å². The van der Waals surface area contributed by atoms with Crippen molar-refractivity contribution < 1.29 is 4.79 Å². The topological polar surface area (TPSA) is 70.9 Å². The van der Waals surface area contributed by atoms with Gasteiger partial charge in [0, 0.05) is 34.5 Å². The Morgan fingerprint density at radius 3 is 2.55 bits per heavy atom. The zero-order chi connectivity index (χ0) is 21.6. The van der Waals surface area contributed by atoms with Crippen LogP contribution in [0.5, 0.6) is 0 Å². The van der Waals surface area contributed by atoms with Crippen LogP contribution in [0.15, 0.2) is 67.0 Å². The summed E-state index contributed by atoms with van der Waals surface area (Å²) >= 11 is 6.50. The van der Waals surface area contributed by atoms with Crippen LogP contribution in [0.4, 0.5) is 0 Å². The maximum atomic E-state index is 13.2. The smallest absolute Gasteiger partial charge is 0.223 e. The van der Waals surface area contributed by atoms with E-state index in [9.17, 15) is 4.79 Å². The number of hydrogen-bond donors (Lipinski definition) is 3. The molecule has 1 aliphatic carbocycles. The second kappa shape index (κ2) is 10.2. The van der Waals surface area contributed by atoms with E-state index < -0.39 is 0 Å². The Balaban J connectivity index is 1.58. The molecule has 4 nitrogen and oxygen atoms in total. The molecule has 1 aromatic heterocycles. The number of hydrogen-bond acceptors (Lipinski definition) is 2. The molecule has 0 saturated heterocycles. The number of nitrogens with two attached hydrogens (primary N) is 1. The lowest BCUT2D eigenvalue weighted by Gasteiger charge is -2.29. The number of carbonyl (C=O) groups is 1. The highest BCUT2D eigenvalue weighted by Gasteiger charge is 2.27. The third kappa shape index (κ3) is 5.38. The summed E-state index contributed by atoms with van der Waals surface area (Å²) in [5.74, 6) is 0.774. The van der Waals surface area contributed by atoms with Gasteiger partial charge in [0.25, 0.3) is 0 Å². The summed E-state index contributed by atoms with van der Waals surface area (Å²) in [6.07, 6.45) is 8.47. The summed E-state index contributed by atoms with van der Waals surface area (Å²) in [4.78, 5) is 16.3. The molecule has 1 saturated carbocycles. The number of H-pyrrole nitrogens is 1. The third-order valence-electron chi connectivity index (χ3n) is 6.45. The molecular weight excluding hydrogens is 406 g/mol. The van der Waals surface area contributed by atoms with E-state index in [4.69, 9.17) is 17.3 Å². The fourth-order valence-electron chi connectivity index (χ4n) is 4.52. The van der Waals surface area contributed by atoms with Crippen LogP contribution in [0.2, 0.25) is 5.02 Å². The van der Waals surface area contributed by atoms with Crippen molar-refractivity contribution in [2.75, 3.05) is 6.54 Å². The quantitative estimate of drug-likeness (QED) is 0.458. The zero-order valence-corrected chi connectivity index (χ0v) is 18.4. The molecule has 2 aromatic carbocycles. The van der Waals surface area contributed by atoms with Crippen LogP contribution >= 0.6 is 11.6 Å². The summed E-state index contributed by atoms with van der Waals surface area (Å²) in [5, 5.41) is 4.06. The molecule has 0 bridgehead atoms. The Labute approximate surface area is 189 Å². The van der Waals surface area contributed by atoms with Gasteiger partial charge in [-0.2, -0.15) is 0 Å². The Hall–Kier alpha value is -2.56. The molecule has 1 amide bonds. The highest BCUT2D eigenvalue weighted by Crippen LogP contribution is 2.33. The average molecular weight is 436 g/mol. The second-order valence-corrected chi connectivity index (χ2v) is 8.95. The van der Waals surface area contributed by atoms with Gasteiger partial charge in [-0.25, -0.2) is 0 Å². The van der Waals surface area contributed by atoms with E-state index in [2.05, 4.69) is 28.5 Å². The molecule has 1 heterocycles. The van der Waals surface area contributed by atoms with Gasteiger partial charge < -0.3 is 16.0 Å². The van der Waals surface area contributed by atoms with Gasteiger partial charge in [-0.1, -0.05) is 48.0 Å². The Kier molecular flexibility index (Phi) is 7.10. The van der Waals surface area contributed by atoms with Crippen molar-refractivity contribution in [2.24, 2.45) is 17.6 Å². The van der Waals surface area contributed by atoms with Gasteiger partial charge in [0.1, 0.15) is 0 Å². The minimum absolute atomic E-state index is 0.0671. The fraction of sp³-hybridized carbons (Fsp3) is 0.346. The molecule has 4 N–H and O–H groups in total. The molecule has 0 radical (unpaired) electrons. The van der Waals surface area contributed by atoms with Crippen molar-refractivity contribution >= 4 is 17.5 Å². The molecule has 0 aliphatic heterocycles. The van der Waals surface area contributed by atoms with E-state index in [0.717, 1.165) is 55.3 Å². The molecular formula is C26H30ClN3O. The lowest BCUT2D eigenvalue weighted by molar-refractivity contribution is -0.127. The van der Waals surface area contributed by atoms with Crippen molar-refractivity contribution in [3.63, 3.8) is 0 Å². The SMILES string of the molecule is NCC1CCC(C(=O)NC(Cc2ccccc2)c2ccc(Cl)c(-c3cc[nH]c3)c2)CC1. The number of amides is 1. The number of benzene rings is 2. The summed E-state index contributed by atoms with van der Waals surface area (Å²) in [5.41, 5.74) is 10.1. The first-order chi connectivity index (χ1) is 15.1. The van der Waals surface area contributed by atoms with Crippen molar-refractivity contribution in [3.8, 4) is 11.1 Å². The third-order valence-corrected chi connectivity index (χ3v) is 6.78. The molecule has 162 valence electrons. The van der Waals surface area contributed by atoms with Gasteiger partial charge in [-0.3, -0.25) is 4.79 Å². The van der Waals surface area contributed by atoms with Gasteiger partial charge in [0.15, 0.2) is 0 Å². The van der Waals surface area contributed by atoms with Crippen molar-refractivity contribution in [1.82, 2.24) is 10.3 Å². The lowest BCUT2D eigenvalue weighted by Crippen LogP contribution is -2.37. The van der Waals surface area contributed by atoms with E-state index >= 15 is 0 Å². The van der Waals surface area contributed by atoms with Crippen LogP contribution in [0.3, 0.4) is 0 Å². The minimum Gasteiger partial charge on any atom is -0.367 e. The van der Waals surface area contributed by atoms with Crippen LogP contribution in [-0.2, 0) is 11.2 Å². The van der Waals surface area contributed by atoms with Crippen molar-refractivity contribution in [2.45, 2.75) is 38.1 Å². The largest absolute Gasteiger partial charge is 0.367 e. The molecule has 31 heavy (non-hydrogen) atoms. The molecule has 1 atom stereocenters. The van der Waals surface area contributed by atoms with E-state index in [0.29, 0.717) is 10.9 Å². The molecule has 5 heteroatoms. The highest BCUT2D eigenvalue weighted by molar-refractivity contribution is 6.33. The summed E-state index contributed by atoms with van der Waals surface area (Å²) in [6, 6.07) is 18.2. The van der Waals surface area contributed by atoms with E-state index in [1.807, 2.05) is 48.8 Å². The van der Waals surface area contributed by atoms with Crippen LogP contribution in [0.1, 0.15) is 42.9 Å². The number of aromatic nitrogens is 1. The van der Waals surface area contributed by atoms with Crippen LogP contribution in [-0.4, -0.2) is 17.4 Å². The second-order valence-electron chi connectivity index (χ2n) is 8.54. The number of rotatable bonds is 7. The maximum absolute atomic E-state index is 13.2. The molecule has 3 aromatic rings. The zero-order valence-electron chi connectivity index (χ0n) is 17.7. The molecule has 1 unspecified atom stereocenters.